The van der Waals surface area contributed by atoms with Gasteiger partial charge < -0.3 is 14.4 Å². The van der Waals surface area contributed by atoms with E-state index in [0.29, 0.717) is 35.8 Å². The Morgan fingerprint density at radius 3 is 3.06 bits per heavy atom. The molecule has 0 unspecified atom stereocenters. The average molecular weight is 419 g/mol. The maximum Gasteiger partial charge on any atom is 0.255 e. The Morgan fingerprint density at radius 1 is 1.19 bits per heavy atom. The highest BCUT2D eigenvalue weighted by Gasteiger charge is 2.34. The number of nitrogens with one attached hydrogen (secondary N) is 1. The van der Waals surface area contributed by atoms with Gasteiger partial charge in [0.1, 0.15) is 5.69 Å². The van der Waals surface area contributed by atoms with E-state index in [0.717, 1.165) is 44.6 Å². The lowest BCUT2D eigenvalue weighted by Crippen LogP contribution is -2.45. The molecule has 2 saturated heterocycles. The molecular weight excluding hydrogens is 392 g/mol. The number of aromatic nitrogens is 4. The summed E-state index contributed by atoms with van der Waals surface area (Å²) in [4.78, 5) is 24.5. The lowest BCUT2D eigenvalue weighted by atomic mass is 9.84. The Labute approximate surface area is 180 Å². The minimum Gasteiger partial charge on any atom is -0.337 e. The van der Waals surface area contributed by atoms with Crippen molar-refractivity contribution < 1.29 is 4.52 Å². The van der Waals surface area contributed by atoms with Crippen molar-refractivity contribution in [1.29, 1.82) is 0 Å². The van der Waals surface area contributed by atoms with Crippen molar-refractivity contribution in [3.63, 3.8) is 0 Å². The summed E-state index contributed by atoms with van der Waals surface area (Å²) >= 11 is 0. The van der Waals surface area contributed by atoms with E-state index in [1.165, 1.54) is 12.1 Å². The molecule has 2 fully saturated rings. The summed E-state index contributed by atoms with van der Waals surface area (Å²) in [5, 5.41) is 7.64. The van der Waals surface area contributed by atoms with E-state index < -0.39 is 0 Å². The van der Waals surface area contributed by atoms with Gasteiger partial charge in [0, 0.05) is 43.0 Å². The second kappa shape index (κ2) is 7.69. The maximum absolute atomic E-state index is 13.3. The summed E-state index contributed by atoms with van der Waals surface area (Å²) in [7, 11) is 0. The van der Waals surface area contributed by atoms with Crippen LogP contribution in [-0.4, -0.2) is 44.2 Å². The molecule has 3 atom stereocenters. The van der Waals surface area contributed by atoms with Crippen molar-refractivity contribution in [2.24, 2.45) is 5.92 Å². The van der Waals surface area contributed by atoms with Crippen LogP contribution < -0.4 is 10.9 Å². The first-order valence-corrected chi connectivity index (χ1v) is 11.2. The predicted molar refractivity (Wildman–Crippen MR) is 114 cm³/mol. The SMILES string of the molecule is O=c1c(CN2CCC[C@H]2c2nc(-c3ccccn3)no2)ccc2n1C[C@@H]1CNC[C@H]2C1. The predicted octanol–water partition coefficient (Wildman–Crippen LogP) is 2.34. The lowest BCUT2D eigenvalue weighted by Gasteiger charge is -2.37. The Hall–Kier alpha value is -2.84. The molecule has 6 heterocycles. The van der Waals surface area contributed by atoms with Crippen LogP contribution in [-0.2, 0) is 13.1 Å². The van der Waals surface area contributed by atoms with E-state index >= 15 is 0 Å². The average Bonchev–Trinajstić information content (AvgIpc) is 3.46. The number of likely N-dealkylation sites (tertiary alicyclic amines) is 1. The molecule has 6 rings (SSSR count). The minimum absolute atomic E-state index is 0.0361. The number of rotatable bonds is 4. The summed E-state index contributed by atoms with van der Waals surface area (Å²) in [6, 6.07) is 9.89. The Kier molecular flexibility index (Phi) is 4.69. The molecule has 2 bridgehead atoms. The van der Waals surface area contributed by atoms with Gasteiger partial charge in [-0.05, 0) is 56.5 Å². The largest absolute Gasteiger partial charge is 0.337 e. The van der Waals surface area contributed by atoms with Crippen LogP contribution in [0.5, 0.6) is 0 Å². The maximum atomic E-state index is 13.3. The van der Waals surface area contributed by atoms with Crippen LogP contribution in [0.15, 0.2) is 45.8 Å². The van der Waals surface area contributed by atoms with Crippen LogP contribution in [0.2, 0.25) is 0 Å². The van der Waals surface area contributed by atoms with Crippen LogP contribution in [0.1, 0.15) is 48.4 Å². The molecule has 0 amide bonds. The summed E-state index contributed by atoms with van der Waals surface area (Å²) in [6.45, 7) is 4.34. The Morgan fingerprint density at radius 2 is 2.16 bits per heavy atom. The van der Waals surface area contributed by atoms with Gasteiger partial charge in [-0.2, -0.15) is 4.98 Å². The zero-order valence-corrected chi connectivity index (χ0v) is 17.4. The third kappa shape index (κ3) is 3.40. The van der Waals surface area contributed by atoms with E-state index in [-0.39, 0.29) is 11.6 Å². The number of hydrogen-bond donors (Lipinski definition) is 1. The van der Waals surface area contributed by atoms with Gasteiger partial charge in [-0.3, -0.25) is 14.7 Å². The smallest absolute Gasteiger partial charge is 0.255 e. The van der Waals surface area contributed by atoms with Gasteiger partial charge in [0.15, 0.2) is 0 Å². The van der Waals surface area contributed by atoms with E-state index in [1.807, 2.05) is 28.8 Å². The first-order chi connectivity index (χ1) is 15.3. The van der Waals surface area contributed by atoms with E-state index in [2.05, 4.69) is 31.4 Å². The molecule has 0 spiro atoms. The molecule has 3 aliphatic heterocycles. The number of nitrogens with zero attached hydrogens (tertiary/aromatic N) is 5. The fourth-order valence-corrected chi connectivity index (χ4v) is 5.44. The van der Waals surface area contributed by atoms with Crippen LogP contribution in [0, 0.1) is 5.92 Å². The Balaban J connectivity index is 1.25. The van der Waals surface area contributed by atoms with Gasteiger partial charge >= 0.3 is 0 Å². The molecule has 1 N–H and O–H groups in total. The normalized spacial score (nSPS) is 25.5. The highest BCUT2D eigenvalue weighted by Crippen LogP contribution is 2.34. The van der Waals surface area contributed by atoms with Gasteiger partial charge in [0.05, 0.1) is 6.04 Å². The van der Waals surface area contributed by atoms with Gasteiger partial charge in [-0.25, -0.2) is 0 Å². The van der Waals surface area contributed by atoms with Crippen LogP contribution in [0.3, 0.4) is 0 Å². The van der Waals surface area contributed by atoms with Gasteiger partial charge in [0.2, 0.25) is 11.7 Å². The Bertz CT molecular complexity index is 1140. The minimum atomic E-state index is 0.0361. The highest BCUT2D eigenvalue weighted by molar-refractivity contribution is 5.47. The number of pyridine rings is 2. The summed E-state index contributed by atoms with van der Waals surface area (Å²) < 4.78 is 7.64. The molecule has 8 nitrogen and oxygen atoms in total. The number of hydrogen-bond acceptors (Lipinski definition) is 7. The van der Waals surface area contributed by atoms with Crippen molar-refractivity contribution in [3.05, 3.63) is 64.0 Å². The van der Waals surface area contributed by atoms with E-state index in [1.54, 1.807) is 6.20 Å². The lowest BCUT2D eigenvalue weighted by molar-refractivity contribution is 0.199. The zero-order valence-electron chi connectivity index (χ0n) is 17.4. The molecule has 160 valence electrons. The van der Waals surface area contributed by atoms with Gasteiger partial charge in [-0.1, -0.05) is 17.3 Å². The molecular formula is C23H26N6O2. The van der Waals surface area contributed by atoms with Gasteiger partial charge in [0.25, 0.3) is 5.56 Å². The second-order valence-electron chi connectivity index (χ2n) is 8.96. The standard InChI is InChI=1S/C23H26N6O2/c30-23-16(6-7-19-17-10-15(11-24-12-17)13-29(19)23)14-28-9-3-5-20(28)22-26-21(27-31-22)18-4-1-2-8-25-18/h1-2,4,6-8,15,17,20,24H,3,5,9-14H2/t15-,17+,20-/m0/s1. The third-order valence-corrected chi connectivity index (χ3v) is 6.95. The number of piperidine rings is 1. The van der Waals surface area contributed by atoms with E-state index in [9.17, 15) is 4.79 Å². The van der Waals surface area contributed by atoms with Crippen molar-refractivity contribution >= 4 is 0 Å². The molecule has 3 aliphatic rings. The summed E-state index contributed by atoms with van der Waals surface area (Å²) in [5.41, 5.74) is 2.91. The summed E-state index contributed by atoms with van der Waals surface area (Å²) in [6.07, 6.45) is 4.91. The van der Waals surface area contributed by atoms with Crippen LogP contribution in [0.4, 0.5) is 0 Å². The van der Waals surface area contributed by atoms with Crippen LogP contribution in [0.25, 0.3) is 11.5 Å². The molecule has 31 heavy (non-hydrogen) atoms. The molecule has 0 radical (unpaired) electrons. The molecule has 0 aromatic carbocycles. The van der Waals surface area contributed by atoms with Crippen LogP contribution >= 0.6 is 0 Å². The van der Waals surface area contributed by atoms with Crippen molar-refractivity contribution in [2.45, 2.75) is 44.3 Å². The van der Waals surface area contributed by atoms with Crippen molar-refractivity contribution in [2.75, 3.05) is 19.6 Å². The first-order valence-electron chi connectivity index (χ1n) is 11.2. The molecule has 3 aromatic heterocycles. The zero-order chi connectivity index (χ0) is 20.8. The van der Waals surface area contributed by atoms with Crippen molar-refractivity contribution in [1.82, 2.24) is 29.9 Å². The highest BCUT2D eigenvalue weighted by atomic mass is 16.5. The molecule has 3 aromatic rings. The number of fused-ring (bicyclic) bond motifs is 4. The van der Waals surface area contributed by atoms with Gasteiger partial charge in [-0.15, -0.1) is 0 Å². The topological polar surface area (TPSA) is 89.1 Å². The van der Waals surface area contributed by atoms with Crippen molar-refractivity contribution in [3.8, 4) is 11.5 Å². The quantitative estimate of drug-likeness (QED) is 0.696. The molecule has 0 saturated carbocycles. The second-order valence-corrected chi connectivity index (χ2v) is 8.96. The fraction of sp³-hybridized carbons (Fsp3) is 0.478. The first kappa shape index (κ1) is 18.9. The van der Waals surface area contributed by atoms with E-state index in [4.69, 9.17) is 4.52 Å². The molecule has 0 aliphatic carbocycles. The monoisotopic (exact) mass is 418 g/mol. The summed E-state index contributed by atoms with van der Waals surface area (Å²) in [5.74, 6) is 2.13. The molecule has 8 heteroatoms. The fourth-order valence-electron chi connectivity index (χ4n) is 5.44. The third-order valence-electron chi connectivity index (χ3n) is 6.95.